The van der Waals surface area contributed by atoms with E-state index in [1.165, 1.54) is 0 Å². The van der Waals surface area contributed by atoms with Crippen LogP contribution in [0.3, 0.4) is 0 Å². The summed E-state index contributed by atoms with van der Waals surface area (Å²) in [6.07, 6.45) is 0.402. The van der Waals surface area contributed by atoms with Gasteiger partial charge in [-0.25, -0.2) is 0 Å². The van der Waals surface area contributed by atoms with Crippen LogP contribution < -0.4 is 4.74 Å². The lowest BCUT2D eigenvalue weighted by molar-refractivity contribution is 0.305. The summed E-state index contributed by atoms with van der Waals surface area (Å²) in [5.41, 5.74) is 3.04. The van der Waals surface area contributed by atoms with E-state index in [0.717, 1.165) is 27.5 Å². The van der Waals surface area contributed by atoms with Crippen molar-refractivity contribution in [3.63, 3.8) is 0 Å². The molecule has 19 heavy (non-hydrogen) atoms. The SMILES string of the molecule is Cc1cc(OCc2ccccc2CC#N)ccc1Cl. The second-order valence-corrected chi connectivity index (χ2v) is 4.71. The third-order valence-corrected chi connectivity index (χ3v) is 3.34. The largest absolute Gasteiger partial charge is 0.489 e. The van der Waals surface area contributed by atoms with Crippen LogP contribution in [-0.2, 0) is 13.0 Å². The summed E-state index contributed by atoms with van der Waals surface area (Å²) in [6.45, 7) is 2.40. The zero-order chi connectivity index (χ0) is 13.7. The van der Waals surface area contributed by atoms with E-state index in [1.54, 1.807) is 0 Å². The Bertz CT molecular complexity index is 616. The van der Waals surface area contributed by atoms with Crippen LogP contribution in [0.5, 0.6) is 5.75 Å². The summed E-state index contributed by atoms with van der Waals surface area (Å²) < 4.78 is 5.75. The molecule has 0 fully saturated rings. The molecule has 0 saturated carbocycles. The molecule has 2 rings (SSSR count). The Morgan fingerprint density at radius 2 is 1.89 bits per heavy atom. The maximum atomic E-state index is 8.79. The van der Waals surface area contributed by atoms with Crippen molar-refractivity contribution in [2.24, 2.45) is 0 Å². The first-order valence-electron chi connectivity index (χ1n) is 6.03. The van der Waals surface area contributed by atoms with Crippen molar-refractivity contribution in [1.29, 1.82) is 5.26 Å². The molecule has 3 heteroatoms. The second-order valence-electron chi connectivity index (χ2n) is 4.30. The third kappa shape index (κ3) is 3.49. The van der Waals surface area contributed by atoms with Crippen molar-refractivity contribution in [2.45, 2.75) is 20.0 Å². The first kappa shape index (κ1) is 13.5. The number of halogens is 1. The predicted molar refractivity (Wildman–Crippen MR) is 76.3 cm³/mol. The van der Waals surface area contributed by atoms with Gasteiger partial charge >= 0.3 is 0 Å². The maximum Gasteiger partial charge on any atom is 0.120 e. The van der Waals surface area contributed by atoms with Gasteiger partial charge in [-0.2, -0.15) is 5.26 Å². The van der Waals surface area contributed by atoms with Crippen molar-refractivity contribution < 1.29 is 4.74 Å². The molecule has 2 aromatic carbocycles. The van der Waals surface area contributed by atoms with E-state index >= 15 is 0 Å². The topological polar surface area (TPSA) is 33.0 Å². The lowest BCUT2D eigenvalue weighted by Crippen LogP contribution is -2.00. The van der Waals surface area contributed by atoms with Gasteiger partial charge in [0.25, 0.3) is 0 Å². The highest BCUT2D eigenvalue weighted by molar-refractivity contribution is 6.31. The van der Waals surface area contributed by atoms with E-state index in [-0.39, 0.29) is 0 Å². The molecular formula is C16H14ClNO. The van der Waals surface area contributed by atoms with E-state index in [9.17, 15) is 0 Å². The van der Waals surface area contributed by atoms with Gasteiger partial charge in [-0.3, -0.25) is 0 Å². The Kier molecular flexibility index (Phi) is 4.43. The number of aryl methyl sites for hydroxylation is 1. The lowest BCUT2D eigenvalue weighted by Gasteiger charge is -2.10. The Morgan fingerprint density at radius 3 is 2.58 bits per heavy atom. The highest BCUT2D eigenvalue weighted by Crippen LogP contribution is 2.22. The highest BCUT2D eigenvalue weighted by atomic mass is 35.5. The van der Waals surface area contributed by atoms with Crippen molar-refractivity contribution in [2.75, 3.05) is 0 Å². The number of rotatable bonds is 4. The van der Waals surface area contributed by atoms with Gasteiger partial charge in [0, 0.05) is 5.02 Å². The minimum atomic E-state index is 0.402. The van der Waals surface area contributed by atoms with Crippen molar-refractivity contribution >= 4 is 11.6 Å². The molecule has 0 unspecified atom stereocenters. The van der Waals surface area contributed by atoms with Crippen LogP contribution in [0, 0.1) is 18.3 Å². The number of benzene rings is 2. The average Bonchev–Trinajstić information content (AvgIpc) is 2.42. The number of nitriles is 1. The van der Waals surface area contributed by atoms with Gasteiger partial charge in [0.15, 0.2) is 0 Å². The number of nitrogens with zero attached hydrogens (tertiary/aromatic N) is 1. The first-order valence-corrected chi connectivity index (χ1v) is 6.41. The summed E-state index contributed by atoms with van der Waals surface area (Å²) in [4.78, 5) is 0. The second kappa shape index (κ2) is 6.26. The molecule has 0 amide bonds. The smallest absolute Gasteiger partial charge is 0.120 e. The zero-order valence-corrected chi connectivity index (χ0v) is 11.4. The Hall–Kier alpha value is -1.98. The quantitative estimate of drug-likeness (QED) is 0.831. The molecule has 0 N–H and O–H groups in total. The van der Waals surface area contributed by atoms with Crippen molar-refractivity contribution in [1.82, 2.24) is 0 Å². The molecule has 0 aliphatic carbocycles. The van der Waals surface area contributed by atoms with Gasteiger partial charge in [0.1, 0.15) is 12.4 Å². The van der Waals surface area contributed by atoms with E-state index in [1.807, 2.05) is 49.4 Å². The van der Waals surface area contributed by atoms with E-state index in [0.29, 0.717) is 13.0 Å². The molecule has 0 bridgehead atoms. The van der Waals surface area contributed by atoms with Gasteiger partial charge in [0.2, 0.25) is 0 Å². The van der Waals surface area contributed by atoms with Crippen molar-refractivity contribution in [3.05, 3.63) is 64.2 Å². The fraction of sp³-hybridized carbons (Fsp3) is 0.188. The summed E-state index contributed by atoms with van der Waals surface area (Å²) >= 11 is 5.97. The van der Waals surface area contributed by atoms with Gasteiger partial charge in [-0.15, -0.1) is 0 Å². The zero-order valence-electron chi connectivity index (χ0n) is 10.7. The molecule has 0 atom stereocenters. The van der Waals surface area contributed by atoms with Crippen LogP contribution in [-0.4, -0.2) is 0 Å². The fourth-order valence-corrected chi connectivity index (χ4v) is 1.94. The molecule has 0 aliphatic heterocycles. The Balaban J connectivity index is 2.10. The molecule has 0 saturated heterocycles. The molecular weight excluding hydrogens is 258 g/mol. The maximum absolute atomic E-state index is 8.79. The number of hydrogen-bond donors (Lipinski definition) is 0. The van der Waals surface area contributed by atoms with E-state index in [2.05, 4.69) is 6.07 Å². The van der Waals surface area contributed by atoms with Crippen LogP contribution in [0.15, 0.2) is 42.5 Å². The minimum absolute atomic E-state index is 0.402. The Morgan fingerprint density at radius 1 is 1.16 bits per heavy atom. The van der Waals surface area contributed by atoms with E-state index < -0.39 is 0 Å². The molecule has 0 aromatic heterocycles. The van der Waals surface area contributed by atoms with E-state index in [4.69, 9.17) is 21.6 Å². The van der Waals surface area contributed by atoms with Gasteiger partial charge < -0.3 is 4.74 Å². The molecule has 0 radical (unpaired) electrons. The first-order chi connectivity index (χ1) is 9.20. The molecule has 2 nitrogen and oxygen atoms in total. The summed E-state index contributed by atoms with van der Waals surface area (Å²) in [5.74, 6) is 0.786. The fourth-order valence-electron chi connectivity index (χ4n) is 1.82. The highest BCUT2D eigenvalue weighted by Gasteiger charge is 2.03. The van der Waals surface area contributed by atoms with Crippen molar-refractivity contribution in [3.8, 4) is 11.8 Å². The normalized spacial score (nSPS) is 9.95. The monoisotopic (exact) mass is 271 g/mol. The molecule has 96 valence electrons. The molecule has 0 spiro atoms. The van der Waals surface area contributed by atoms with Gasteiger partial charge in [-0.1, -0.05) is 35.9 Å². The van der Waals surface area contributed by atoms with Crippen LogP contribution in [0.2, 0.25) is 5.02 Å². The third-order valence-electron chi connectivity index (χ3n) is 2.91. The standard InChI is InChI=1S/C16H14ClNO/c1-12-10-15(6-7-16(12)17)19-11-14-5-3-2-4-13(14)8-9-18/h2-7,10H,8,11H2,1H3. The predicted octanol–water partition coefficient (Wildman–Crippen LogP) is 4.29. The summed E-state index contributed by atoms with van der Waals surface area (Å²) in [6, 6.07) is 15.6. The Labute approximate surface area is 118 Å². The number of hydrogen-bond acceptors (Lipinski definition) is 2. The van der Waals surface area contributed by atoms with Crippen LogP contribution in [0.1, 0.15) is 16.7 Å². The molecule has 0 aliphatic rings. The average molecular weight is 272 g/mol. The summed E-state index contributed by atoms with van der Waals surface area (Å²) in [7, 11) is 0. The minimum Gasteiger partial charge on any atom is -0.489 e. The molecule has 2 aromatic rings. The molecule has 0 heterocycles. The van der Waals surface area contributed by atoms with Gasteiger partial charge in [-0.05, 0) is 41.8 Å². The van der Waals surface area contributed by atoms with Crippen LogP contribution >= 0.6 is 11.6 Å². The lowest BCUT2D eigenvalue weighted by atomic mass is 10.1. The number of ether oxygens (including phenoxy) is 1. The van der Waals surface area contributed by atoms with Crippen LogP contribution in [0.4, 0.5) is 0 Å². The van der Waals surface area contributed by atoms with Crippen LogP contribution in [0.25, 0.3) is 0 Å². The summed E-state index contributed by atoms with van der Waals surface area (Å²) in [5, 5.41) is 9.52. The van der Waals surface area contributed by atoms with Gasteiger partial charge in [0.05, 0.1) is 12.5 Å².